The number of nitrogens with two attached hydrogens (primary N) is 1. The van der Waals surface area contributed by atoms with Crippen LogP contribution in [0.1, 0.15) is 0 Å². The zero-order chi connectivity index (χ0) is 14.8. The van der Waals surface area contributed by atoms with Crippen molar-refractivity contribution in [2.75, 3.05) is 11.1 Å². The molecule has 0 aliphatic rings. The SMILES string of the molecule is Nc1cccc(Nc2ccc(S(=O)(=O)C(F)F)cc2)c1. The maximum absolute atomic E-state index is 12.4. The van der Waals surface area contributed by atoms with E-state index in [4.69, 9.17) is 5.73 Å². The van der Waals surface area contributed by atoms with Gasteiger partial charge in [0.05, 0.1) is 4.90 Å². The first-order valence-corrected chi connectivity index (χ1v) is 7.19. The lowest BCUT2D eigenvalue weighted by molar-refractivity contribution is 0.234. The second-order valence-electron chi connectivity index (χ2n) is 4.08. The van der Waals surface area contributed by atoms with Crippen LogP contribution in [-0.4, -0.2) is 14.2 Å². The van der Waals surface area contributed by atoms with Gasteiger partial charge in [-0.1, -0.05) is 6.07 Å². The van der Waals surface area contributed by atoms with Crippen LogP contribution in [0.5, 0.6) is 0 Å². The van der Waals surface area contributed by atoms with E-state index in [-0.39, 0.29) is 0 Å². The van der Waals surface area contributed by atoms with Crippen molar-refractivity contribution in [2.24, 2.45) is 0 Å². The van der Waals surface area contributed by atoms with Crippen LogP contribution in [0.3, 0.4) is 0 Å². The third kappa shape index (κ3) is 3.05. The fourth-order valence-corrected chi connectivity index (χ4v) is 2.34. The monoisotopic (exact) mass is 298 g/mol. The van der Waals surface area contributed by atoms with Gasteiger partial charge in [-0.2, -0.15) is 8.78 Å². The van der Waals surface area contributed by atoms with E-state index in [9.17, 15) is 17.2 Å². The molecule has 3 N–H and O–H groups in total. The van der Waals surface area contributed by atoms with E-state index < -0.39 is 20.5 Å². The third-order valence-corrected chi connectivity index (χ3v) is 3.99. The second-order valence-corrected chi connectivity index (χ2v) is 6.00. The summed E-state index contributed by atoms with van der Waals surface area (Å²) in [5, 5.41) is 2.99. The Bertz CT molecular complexity index is 701. The Morgan fingerprint density at radius 3 is 2.20 bits per heavy atom. The minimum absolute atomic E-state index is 0.411. The van der Waals surface area contributed by atoms with Crippen molar-refractivity contribution < 1.29 is 17.2 Å². The van der Waals surface area contributed by atoms with Gasteiger partial charge in [0.2, 0.25) is 9.84 Å². The van der Waals surface area contributed by atoms with Crippen molar-refractivity contribution >= 4 is 26.9 Å². The van der Waals surface area contributed by atoms with Gasteiger partial charge in [0.25, 0.3) is 0 Å². The van der Waals surface area contributed by atoms with Crippen LogP contribution >= 0.6 is 0 Å². The molecule has 7 heteroatoms. The first kappa shape index (κ1) is 14.3. The van der Waals surface area contributed by atoms with Crippen molar-refractivity contribution in [3.63, 3.8) is 0 Å². The highest BCUT2D eigenvalue weighted by atomic mass is 32.2. The zero-order valence-electron chi connectivity index (χ0n) is 10.3. The maximum atomic E-state index is 12.4. The van der Waals surface area contributed by atoms with E-state index in [0.29, 0.717) is 11.4 Å². The summed E-state index contributed by atoms with van der Waals surface area (Å²) >= 11 is 0. The molecule has 0 radical (unpaired) electrons. The van der Waals surface area contributed by atoms with Crippen LogP contribution in [-0.2, 0) is 9.84 Å². The van der Waals surface area contributed by atoms with Gasteiger partial charge in [-0.3, -0.25) is 0 Å². The highest BCUT2D eigenvalue weighted by Crippen LogP contribution is 2.23. The predicted molar refractivity (Wildman–Crippen MR) is 73.8 cm³/mol. The van der Waals surface area contributed by atoms with Crippen LogP contribution in [0, 0.1) is 0 Å². The van der Waals surface area contributed by atoms with Crippen LogP contribution in [0.15, 0.2) is 53.4 Å². The number of nitrogens with one attached hydrogen (secondary N) is 1. The van der Waals surface area contributed by atoms with Crippen molar-refractivity contribution in [3.8, 4) is 0 Å². The second kappa shape index (κ2) is 5.46. The number of alkyl halides is 2. The summed E-state index contributed by atoms with van der Waals surface area (Å²) in [7, 11) is -4.55. The smallest absolute Gasteiger partial charge is 0.341 e. The normalized spacial score (nSPS) is 11.6. The molecule has 0 spiro atoms. The minimum Gasteiger partial charge on any atom is -0.399 e. The molecule has 0 fully saturated rings. The summed E-state index contributed by atoms with van der Waals surface area (Å²) in [4.78, 5) is -0.411. The largest absolute Gasteiger partial charge is 0.399 e. The molecule has 106 valence electrons. The molecule has 0 heterocycles. The molecular weight excluding hydrogens is 286 g/mol. The van der Waals surface area contributed by atoms with Crippen LogP contribution < -0.4 is 11.1 Å². The zero-order valence-corrected chi connectivity index (χ0v) is 11.1. The fraction of sp³-hybridized carbons (Fsp3) is 0.0769. The van der Waals surface area contributed by atoms with Crippen molar-refractivity contribution in [1.29, 1.82) is 0 Å². The van der Waals surface area contributed by atoms with Gasteiger partial charge in [-0.25, -0.2) is 8.42 Å². The molecule has 0 unspecified atom stereocenters. The highest BCUT2D eigenvalue weighted by molar-refractivity contribution is 7.91. The lowest BCUT2D eigenvalue weighted by atomic mass is 10.2. The third-order valence-electron chi connectivity index (χ3n) is 2.59. The molecule has 2 aromatic rings. The molecular formula is C13H12F2N2O2S. The number of halogens is 2. The molecule has 0 atom stereocenters. The van der Waals surface area contributed by atoms with Crippen LogP contribution in [0.4, 0.5) is 25.8 Å². The molecule has 0 amide bonds. The average molecular weight is 298 g/mol. The number of rotatable bonds is 4. The van der Waals surface area contributed by atoms with Gasteiger partial charge in [0.1, 0.15) is 0 Å². The topological polar surface area (TPSA) is 72.2 Å². The van der Waals surface area contributed by atoms with E-state index in [2.05, 4.69) is 5.32 Å². The Morgan fingerprint density at radius 1 is 1.00 bits per heavy atom. The number of hydrogen-bond donors (Lipinski definition) is 2. The molecule has 4 nitrogen and oxygen atoms in total. The molecule has 2 rings (SSSR count). The summed E-state index contributed by atoms with van der Waals surface area (Å²) < 4.78 is 47.3. The van der Waals surface area contributed by atoms with Gasteiger partial charge in [-0.05, 0) is 42.5 Å². The summed E-state index contributed by atoms with van der Waals surface area (Å²) in [5.41, 5.74) is 7.49. The van der Waals surface area contributed by atoms with E-state index in [1.54, 1.807) is 24.3 Å². The van der Waals surface area contributed by atoms with E-state index in [1.165, 1.54) is 12.1 Å². The van der Waals surface area contributed by atoms with Crippen molar-refractivity contribution in [2.45, 2.75) is 10.7 Å². The van der Waals surface area contributed by atoms with Gasteiger partial charge >= 0.3 is 5.76 Å². The molecule has 2 aromatic carbocycles. The number of nitrogen functional groups attached to an aromatic ring is 1. The fourth-order valence-electron chi connectivity index (χ4n) is 1.61. The van der Waals surface area contributed by atoms with Crippen LogP contribution in [0.2, 0.25) is 0 Å². The summed E-state index contributed by atoms with van der Waals surface area (Å²) in [6.45, 7) is 0. The molecule has 0 saturated carbocycles. The molecule has 0 bridgehead atoms. The summed E-state index contributed by atoms with van der Waals surface area (Å²) in [6.07, 6.45) is 0. The Balaban J connectivity index is 2.21. The summed E-state index contributed by atoms with van der Waals surface area (Å²) in [6, 6.07) is 12.1. The predicted octanol–water partition coefficient (Wildman–Crippen LogP) is 3.01. The first-order chi connectivity index (χ1) is 9.39. The molecule has 20 heavy (non-hydrogen) atoms. The quantitative estimate of drug-likeness (QED) is 0.851. The van der Waals surface area contributed by atoms with Gasteiger partial charge in [0.15, 0.2) is 0 Å². The van der Waals surface area contributed by atoms with Crippen LogP contribution in [0.25, 0.3) is 0 Å². The minimum atomic E-state index is -4.55. The Hall–Kier alpha value is -2.15. The van der Waals surface area contributed by atoms with E-state index in [0.717, 1.165) is 17.8 Å². The average Bonchev–Trinajstić information content (AvgIpc) is 2.39. The van der Waals surface area contributed by atoms with Gasteiger partial charge < -0.3 is 11.1 Å². The number of sulfone groups is 1. The molecule has 0 aliphatic heterocycles. The standard InChI is InChI=1S/C13H12F2N2O2S/c14-13(15)20(18,19)12-6-4-10(5-7-12)17-11-3-1-2-9(16)8-11/h1-8,13,17H,16H2. The lowest BCUT2D eigenvalue weighted by Crippen LogP contribution is -2.11. The number of benzene rings is 2. The Morgan fingerprint density at radius 2 is 1.65 bits per heavy atom. The first-order valence-electron chi connectivity index (χ1n) is 5.64. The molecule has 0 saturated heterocycles. The Kier molecular flexibility index (Phi) is 3.89. The Labute approximate surface area is 115 Å². The molecule has 0 aliphatic carbocycles. The number of hydrogen-bond acceptors (Lipinski definition) is 4. The van der Waals surface area contributed by atoms with Crippen molar-refractivity contribution in [1.82, 2.24) is 0 Å². The molecule has 0 aromatic heterocycles. The van der Waals surface area contributed by atoms with Gasteiger partial charge in [-0.15, -0.1) is 0 Å². The van der Waals surface area contributed by atoms with E-state index >= 15 is 0 Å². The lowest BCUT2D eigenvalue weighted by Gasteiger charge is -2.08. The maximum Gasteiger partial charge on any atom is 0.341 e. The van der Waals surface area contributed by atoms with Gasteiger partial charge in [0, 0.05) is 17.1 Å². The van der Waals surface area contributed by atoms with Crippen molar-refractivity contribution in [3.05, 3.63) is 48.5 Å². The number of anilines is 3. The van der Waals surface area contributed by atoms with E-state index in [1.807, 2.05) is 0 Å². The highest BCUT2D eigenvalue weighted by Gasteiger charge is 2.26. The summed E-state index contributed by atoms with van der Waals surface area (Å²) in [5.74, 6) is -3.42.